The van der Waals surface area contributed by atoms with Gasteiger partial charge >= 0.3 is 0 Å². The number of nitrogens with one attached hydrogen (secondary N) is 1. The van der Waals surface area contributed by atoms with Gasteiger partial charge in [0.15, 0.2) is 0 Å². The summed E-state index contributed by atoms with van der Waals surface area (Å²) in [5.41, 5.74) is 9.17. The molecule has 132 valence electrons. The molecule has 0 aromatic heterocycles. The van der Waals surface area contributed by atoms with Gasteiger partial charge in [0.1, 0.15) is 0 Å². The molecular formula is C20H31N3O. The zero-order chi connectivity index (χ0) is 17.2. The first-order valence-electron chi connectivity index (χ1n) is 9.37. The third-order valence-electron chi connectivity index (χ3n) is 5.92. The average Bonchev–Trinajstić information content (AvgIpc) is 2.57. The molecule has 3 rings (SSSR count). The number of piperazine rings is 1. The lowest BCUT2D eigenvalue weighted by atomic mass is 9.68. The molecule has 1 atom stereocenters. The van der Waals surface area contributed by atoms with E-state index in [0.717, 1.165) is 57.4 Å². The number of benzene rings is 1. The maximum Gasteiger partial charge on any atom is 0.228 e. The number of nitrogens with two attached hydrogens (primary N) is 1. The number of amides is 1. The molecule has 1 saturated heterocycles. The van der Waals surface area contributed by atoms with Crippen molar-refractivity contribution in [2.75, 3.05) is 19.6 Å². The lowest BCUT2D eigenvalue weighted by Crippen LogP contribution is -2.48. The van der Waals surface area contributed by atoms with Gasteiger partial charge in [0.25, 0.3) is 0 Å². The Morgan fingerprint density at radius 3 is 2.71 bits per heavy atom. The molecule has 1 aliphatic heterocycles. The fraction of sp³-hybridized carbons (Fsp3) is 0.650. The van der Waals surface area contributed by atoms with E-state index < -0.39 is 5.41 Å². The molecule has 1 aromatic rings. The number of carbonyl (C=O) groups excluding carboxylic acids is 1. The Morgan fingerprint density at radius 2 is 2.08 bits per heavy atom. The fourth-order valence-electron chi connectivity index (χ4n) is 4.40. The Hall–Kier alpha value is -1.39. The molecule has 1 amide bonds. The van der Waals surface area contributed by atoms with E-state index in [1.807, 2.05) is 0 Å². The average molecular weight is 329 g/mol. The van der Waals surface area contributed by atoms with Crippen molar-refractivity contribution < 1.29 is 4.79 Å². The van der Waals surface area contributed by atoms with Gasteiger partial charge in [0, 0.05) is 32.2 Å². The summed E-state index contributed by atoms with van der Waals surface area (Å²) in [7, 11) is 0. The molecule has 2 fully saturated rings. The van der Waals surface area contributed by atoms with Crippen LogP contribution in [0.2, 0.25) is 0 Å². The van der Waals surface area contributed by atoms with Crippen molar-refractivity contribution in [2.24, 2.45) is 5.73 Å². The number of rotatable bonds is 4. The summed E-state index contributed by atoms with van der Waals surface area (Å²) in [6.45, 7) is 8.64. The topological polar surface area (TPSA) is 58.4 Å². The smallest absolute Gasteiger partial charge is 0.228 e. The van der Waals surface area contributed by atoms with E-state index in [-0.39, 0.29) is 5.91 Å². The van der Waals surface area contributed by atoms with Crippen LogP contribution in [0.1, 0.15) is 55.7 Å². The number of carbonyl (C=O) groups is 1. The van der Waals surface area contributed by atoms with Crippen LogP contribution in [0.4, 0.5) is 0 Å². The van der Waals surface area contributed by atoms with Crippen molar-refractivity contribution in [3.63, 3.8) is 0 Å². The first kappa shape index (κ1) is 17.4. The van der Waals surface area contributed by atoms with Gasteiger partial charge in [-0.25, -0.2) is 0 Å². The van der Waals surface area contributed by atoms with Gasteiger partial charge in [-0.2, -0.15) is 0 Å². The summed E-state index contributed by atoms with van der Waals surface area (Å²) >= 11 is 0. The number of hydrogen-bond acceptors (Lipinski definition) is 3. The highest BCUT2D eigenvalue weighted by atomic mass is 16.1. The van der Waals surface area contributed by atoms with Crippen LogP contribution in [0.25, 0.3) is 0 Å². The molecule has 1 aliphatic carbocycles. The molecule has 4 nitrogen and oxygen atoms in total. The Balaban J connectivity index is 1.79. The third-order valence-corrected chi connectivity index (χ3v) is 5.92. The summed E-state index contributed by atoms with van der Waals surface area (Å²) < 4.78 is 0. The van der Waals surface area contributed by atoms with Crippen LogP contribution in [0.5, 0.6) is 0 Å². The maximum atomic E-state index is 12.2. The van der Waals surface area contributed by atoms with Crippen molar-refractivity contribution in [1.29, 1.82) is 0 Å². The SMILES string of the molecule is Cc1cc(C2(C(N)=O)CCCCC2)ccc1CN1CCN[C@@H](C)C1. The van der Waals surface area contributed by atoms with E-state index in [1.165, 1.54) is 17.5 Å². The quantitative estimate of drug-likeness (QED) is 0.892. The summed E-state index contributed by atoms with van der Waals surface area (Å²) in [6.07, 6.45) is 5.21. The minimum atomic E-state index is -0.439. The minimum absolute atomic E-state index is 0.148. The van der Waals surface area contributed by atoms with Gasteiger partial charge in [-0.3, -0.25) is 9.69 Å². The van der Waals surface area contributed by atoms with Crippen molar-refractivity contribution in [3.8, 4) is 0 Å². The Kier molecular flexibility index (Phi) is 5.26. The molecule has 0 bridgehead atoms. The molecule has 1 aromatic carbocycles. The molecule has 1 saturated carbocycles. The highest BCUT2D eigenvalue weighted by Crippen LogP contribution is 2.39. The van der Waals surface area contributed by atoms with Crippen LogP contribution in [0.3, 0.4) is 0 Å². The van der Waals surface area contributed by atoms with E-state index in [1.54, 1.807) is 0 Å². The van der Waals surface area contributed by atoms with Crippen molar-refractivity contribution in [2.45, 2.75) is 64.0 Å². The first-order chi connectivity index (χ1) is 11.5. The van der Waals surface area contributed by atoms with E-state index in [9.17, 15) is 4.79 Å². The van der Waals surface area contributed by atoms with Crippen LogP contribution in [-0.2, 0) is 16.8 Å². The normalized spacial score (nSPS) is 24.7. The van der Waals surface area contributed by atoms with Gasteiger partial charge < -0.3 is 11.1 Å². The molecule has 0 radical (unpaired) electrons. The highest BCUT2D eigenvalue weighted by molar-refractivity contribution is 5.87. The third kappa shape index (κ3) is 3.50. The Labute approximate surface area is 145 Å². The van der Waals surface area contributed by atoms with E-state index in [0.29, 0.717) is 6.04 Å². The number of primary amides is 1. The predicted octanol–water partition coefficient (Wildman–Crippen LogP) is 2.48. The van der Waals surface area contributed by atoms with E-state index >= 15 is 0 Å². The summed E-state index contributed by atoms with van der Waals surface area (Å²) in [4.78, 5) is 14.7. The largest absolute Gasteiger partial charge is 0.369 e. The minimum Gasteiger partial charge on any atom is -0.369 e. The van der Waals surface area contributed by atoms with Crippen molar-refractivity contribution in [3.05, 3.63) is 34.9 Å². The predicted molar refractivity (Wildman–Crippen MR) is 97.9 cm³/mol. The lowest BCUT2D eigenvalue weighted by Gasteiger charge is -2.35. The van der Waals surface area contributed by atoms with Crippen LogP contribution in [0, 0.1) is 6.92 Å². The van der Waals surface area contributed by atoms with E-state index in [2.05, 4.69) is 42.3 Å². The first-order valence-corrected chi connectivity index (χ1v) is 9.37. The molecule has 0 unspecified atom stereocenters. The van der Waals surface area contributed by atoms with Gasteiger partial charge in [0.05, 0.1) is 5.41 Å². The Bertz CT molecular complexity index is 593. The molecular weight excluding hydrogens is 298 g/mol. The van der Waals surface area contributed by atoms with Crippen LogP contribution in [0.15, 0.2) is 18.2 Å². The van der Waals surface area contributed by atoms with Crippen LogP contribution < -0.4 is 11.1 Å². The van der Waals surface area contributed by atoms with Crippen molar-refractivity contribution >= 4 is 5.91 Å². The fourth-order valence-corrected chi connectivity index (χ4v) is 4.40. The summed E-state index contributed by atoms with van der Waals surface area (Å²) in [5.74, 6) is -0.148. The van der Waals surface area contributed by atoms with Crippen molar-refractivity contribution in [1.82, 2.24) is 10.2 Å². The van der Waals surface area contributed by atoms with Crippen LogP contribution in [-0.4, -0.2) is 36.5 Å². The summed E-state index contributed by atoms with van der Waals surface area (Å²) in [5, 5.41) is 3.49. The molecule has 24 heavy (non-hydrogen) atoms. The molecule has 1 heterocycles. The highest BCUT2D eigenvalue weighted by Gasteiger charge is 2.39. The lowest BCUT2D eigenvalue weighted by molar-refractivity contribution is -0.124. The molecule has 2 aliphatic rings. The number of aryl methyl sites for hydroxylation is 1. The second-order valence-electron chi connectivity index (χ2n) is 7.74. The van der Waals surface area contributed by atoms with Gasteiger partial charge in [-0.05, 0) is 43.4 Å². The van der Waals surface area contributed by atoms with Gasteiger partial charge in [0.2, 0.25) is 5.91 Å². The second kappa shape index (κ2) is 7.24. The van der Waals surface area contributed by atoms with Gasteiger partial charge in [-0.1, -0.05) is 37.5 Å². The zero-order valence-corrected chi connectivity index (χ0v) is 15.1. The van der Waals surface area contributed by atoms with Gasteiger partial charge in [-0.15, -0.1) is 0 Å². The summed E-state index contributed by atoms with van der Waals surface area (Å²) in [6, 6.07) is 7.15. The zero-order valence-electron chi connectivity index (χ0n) is 15.1. The Morgan fingerprint density at radius 1 is 1.33 bits per heavy atom. The maximum absolute atomic E-state index is 12.2. The number of nitrogens with zero attached hydrogens (tertiary/aromatic N) is 1. The second-order valence-corrected chi connectivity index (χ2v) is 7.74. The van der Waals surface area contributed by atoms with Crippen LogP contribution >= 0.6 is 0 Å². The molecule has 4 heteroatoms. The standard InChI is InChI=1S/C20H31N3O/c1-15-12-18(20(19(21)24)8-4-3-5-9-20)7-6-17(15)14-23-11-10-22-16(2)13-23/h6-7,12,16,22H,3-5,8-11,13-14H2,1-2H3,(H2,21,24)/t16-/m0/s1. The molecule has 3 N–H and O–H groups in total. The monoisotopic (exact) mass is 329 g/mol. The molecule has 0 spiro atoms. The van der Waals surface area contributed by atoms with E-state index in [4.69, 9.17) is 5.73 Å². The number of hydrogen-bond donors (Lipinski definition) is 2.